The Labute approximate surface area is 130 Å². The molecule has 0 radical (unpaired) electrons. The molecule has 2 rings (SSSR count). The topological polar surface area (TPSA) is 84.7 Å². The van der Waals surface area contributed by atoms with Crippen LogP contribution in [-0.2, 0) is 9.59 Å². The number of carbonyl (C=O) groups is 2. The summed E-state index contributed by atoms with van der Waals surface area (Å²) >= 11 is 0. The van der Waals surface area contributed by atoms with Gasteiger partial charge in [0.05, 0.1) is 0 Å². The summed E-state index contributed by atoms with van der Waals surface area (Å²) in [6, 6.07) is 7.04. The van der Waals surface area contributed by atoms with Crippen LogP contribution < -0.4 is 15.8 Å². The number of ether oxygens (including phenoxy) is 1. The second-order valence-corrected chi connectivity index (χ2v) is 5.67. The van der Waals surface area contributed by atoms with Gasteiger partial charge in [-0.3, -0.25) is 9.59 Å². The minimum absolute atomic E-state index is 0.0275. The van der Waals surface area contributed by atoms with Gasteiger partial charge in [-0.05, 0) is 31.9 Å². The molecule has 0 saturated heterocycles. The molecule has 1 fully saturated rings. The normalized spacial score (nSPS) is 15.0. The van der Waals surface area contributed by atoms with Gasteiger partial charge in [0, 0.05) is 37.3 Å². The Morgan fingerprint density at radius 1 is 1.45 bits per heavy atom. The van der Waals surface area contributed by atoms with Crippen molar-refractivity contribution in [2.75, 3.05) is 25.5 Å². The summed E-state index contributed by atoms with van der Waals surface area (Å²) in [5, 5.41) is 2.85. The lowest BCUT2D eigenvalue weighted by atomic mass is 10.3. The first-order valence-corrected chi connectivity index (χ1v) is 7.50. The summed E-state index contributed by atoms with van der Waals surface area (Å²) in [7, 11) is 1.70. The van der Waals surface area contributed by atoms with Crippen LogP contribution in [0.1, 0.15) is 19.8 Å². The number of nitrogens with one attached hydrogen (secondary N) is 1. The molecular formula is C16H23N3O3. The third-order valence-corrected chi connectivity index (χ3v) is 3.81. The Kier molecular flexibility index (Phi) is 5.38. The summed E-state index contributed by atoms with van der Waals surface area (Å²) in [4.78, 5) is 25.2. The van der Waals surface area contributed by atoms with E-state index in [2.05, 4.69) is 5.32 Å². The van der Waals surface area contributed by atoms with Crippen molar-refractivity contribution in [2.24, 2.45) is 11.7 Å². The second kappa shape index (κ2) is 7.26. The lowest BCUT2D eigenvalue weighted by Gasteiger charge is -2.23. The number of carbonyl (C=O) groups excluding carboxylic acids is 2. The van der Waals surface area contributed by atoms with Crippen molar-refractivity contribution in [3.05, 3.63) is 24.3 Å². The van der Waals surface area contributed by atoms with Gasteiger partial charge in [-0.15, -0.1) is 0 Å². The Balaban J connectivity index is 1.87. The van der Waals surface area contributed by atoms with E-state index in [4.69, 9.17) is 10.5 Å². The fourth-order valence-corrected chi connectivity index (χ4v) is 1.90. The molecule has 1 aromatic carbocycles. The van der Waals surface area contributed by atoms with Crippen LogP contribution >= 0.6 is 0 Å². The average molecular weight is 305 g/mol. The first kappa shape index (κ1) is 16.3. The number of amides is 2. The highest BCUT2D eigenvalue weighted by Gasteiger charge is 2.29. The molecule has 3 N–H and O–H groups in total. The first-order valence-electron chi connectivity index (χ1n) is 7.50. The van der Waals surface area contributed by atoms with Crippen molar-refractivity contribution in [1.29, 1.82) is 0 Å². The van der Waals surface area contributed by atoms with E-state index in [9.17, 15) is 9.59 Å². The molecular weight excluding hydrogens is 282 g/mol. The van der Waals surface area contributed by atoms with E-state index in [1.54, 1.807) is 36.2 Å². The van der Waals surface area contributed by atoms with Crippen LogP contribution in [0.5, 0.6) is 5.75 Å². The second-order valence-electron chi connectivity index (χ2n) is 5.67. The Morgan fingerprint density at radius 3 is 2.82 bits per heavy atom. The molecule has 0 heterocycles. The van der Waals surface area contributed by atoms with Crippen LogP contribution in [0.3, 0.4) is 0 Å². The number of anilines is 1. The first-order chi connectivity index (χ1) is 10.5. The van der Waals surface area contributed by atoms with E-state index in [1.165, 1.54) is 0 Å². The number of hydrogen-bond acceptors (Lipinski definition) is 4. The predicted octanol–water partition coefficient (Wildman–Crippen LogP) is 1.22. The maximum atomic E-state index is 12.0. The van der Waals surface area contributed by atoms with Crippen LogP contribution in [0.2, 0.25) is 0 Å². The van der Waals surface area contributed by atoms with Gasteiger partial charge in [0.2, 0.25) is 5.91 Å². The average Bonchev–Trinajstić information content (AvgIpc) is 3.36. The van der Waals surface area contributed by atoms with Crippen LogP contribution in [0.25, 0.3) is 0 Å². The van der Waals surface area contributed by atoms with Crippen molar-refractivity contribution in [3.8, 4) is 5.75 Å². The van der Waals surface area contributed by atoms with E-state index >= 15 is 0 Å². The summed E-state index contributed by atoms with van der Waals surface area (Å²) in [6.07, 6.45) is 1.92. The highest BCUT2D eigenvalue weighted by Crippen LogP contribution is 2.30. The van der Waals surface area contributed by atoms with Gasteiger partial charge in [-0.25, -0.2) is 0 Å². The van der Waals surface area contributed by atoms with Gasteiger partial charge in [-0.1, -0.05) is 6.07 Å². The number of rotatable bonds is 7. The fourth-order valence-electron chi connectivity index (χ4n) is 1.90. The van der Waals surface area contributed by atoms with E-state index in [-0.39, 0.29) is 30.4 Å². The van der Waals surface area contributed by atoms with Crippen molar-refractivity contribution in [3.63, 3.8) is 0 Å². The number of hydrogen-bond donors (Lipinski definition) is 2. The molecule has 6 nitrogen and oxygen atoms in total. The van der Waals surface area contributed by atoms with Crippen molar-refractivity contribution >= 4 is 17.5 Å². The Morgan fingerprint density at radius 2 is 2.18 bits per heavy atom. The van der Waals surface area contributed by atoms with Crippen LogP contribution in [-0.4, -0.2) is 43.0 Å². The molecule has 0 aliphatic heterocycles. The van der Waals surface area contributed by atoms with Crippen LogP contribution in [0.4, 0.5) is 5.69 Å². The maximum Gasteiger partial charge on any atom is 0.260 e. The monoisotopic (exact) mass is 305 g/mol. The molecule has 0 aromatic heterocycles. The molecule has 1 aliphatic rings. The van der Waals surface area contributed by atoms with Gasteiger partial charge < -0.3 is 20.7 Å². The van der Waals surface area contributed by atoms with E-state index in [0.717, 1.165) is 12.8 Å². The summed E-state index contributed by atoms with van der Waals surface area (Å²) < 4.78 is 5.50. The zero-order chi connectivity index (χ0) is 16.1. The van der Waals surface area contributed by atoms with Gasteiger partial charge in [-0.2, -0.15) is 0 Å². The third-order valence-electron chi connectivity index (χ3n) is 3.81. The largest absolute Gasteiger partial charge is 0.484 e. The molecule has 1 saturated carbocycles. The molecule has 1 unspecified atom stereocenters. The molecule has 22 heavy (non-hydrogen) atoms. The molecule has 2 amide bonds. The van der Waals surface area contributed by atoms with Crippen molar-refractivity contribution in [2.45, 2.75) is 25.8 Å². The van der Waals surface area contributed by atoms with Crippen molar-refractivity contribution in [1.82, 2.24) is 4.90 Å². The Bertz CT molecular complexity index is 543. The molecule has 0 bridgehead atoms. The number of benzene rings is 1. The molecule has 1 atom stereocenters. The molecule has 0 spiro atoms. The number of likely N-dealkylation sites (N-methyl/N-ethyl adjacent to an activating group) is 1. The third kappa shape index (κ3) is 4.46. The van der Waals surface area contributed by atoms with Crippen LogP contribution in [0.15, 0.2) is 24.3 Å². The highest BCUT2D eigenvalue weighted by atomic mass is 16.5. The molecule has 1 aliphatic carbocycles. The van der Waals surface area contributed by atoms with E-state index in [0.29, 0.717) is 18.0 Å². The maximum absolute atomic E-state index is 12.0. The van der Waals surface area contributed by atoms with E-state index < -0.39 is 0 Å². The zero-order valence-corrected chi connectivity index (χ0v) is 13.0. The quantitative estimate of drug-likeness (QED) is 0.793. The lowest BCUT2D eigenvalue weighted by molar-refractivity contribution is -0.133. The Hall–Kier alpha value is -2.08. The highest BCUT2D eigenvalue weighted by molar-refractivity contribution is 5.94. The minimum atomic E-state index is -0.134. The summed E-state index contributed by atoms with van der Waals surface area (Å²) in [5.41, 5.74) is 6.22. The molecule has 1 aromatic rings. The fraction of sp³-hybridized carbons (Fsp3) is 0.500. The smallest absolute Gasteiger partial charge is 0.260 e. The van der Waals surface area contributed by atoms with Gasteiger partial charge in [0.15, 0.2) is 6.61 Å². The van der Waals surface area contributed by atoms with Crippen molar-refractivity contribution < 1.29 is 14.3 Å². The molecule has 6 heteroatoms. The number of nitrogens with zero attached hydrogens (tertiary/aromatic N) is 1. The molecule has 120 valence electrons. The SMILES string of the molecule is CC(CN)N(C)C(=O)COc1cccc(NC(=O)C2CC2)c1. The van der Waals surface area contributed by atoms with E-state index in [1.807, 2.05) is 6.92 Å². The predicted molar refractivity (Wildman–Crippen MR) is 84.6 cm³/mol. The lowest BCUT2D eigenvalue weighted by Crippen LogP contribution is -2.42. The van der Waals surface area contributed by atoms with Crippen LogP contribution in [0, 0.1) is 5.92 Å². The zero-order valence-electron chi connectivity index (χ0n) is 13.0. The van der Waals surface area contributed by atoms with Gasteiger partial charge in [0.25, 0.3) is 5.91 Å². The number of nitrogens with two attached hydrogens (primary N) is 1. The van der Waals surface area contributed by atoms with Gasteiger partial charge in [0.1, 0.15) is 5.75 Å². The van der Waals surface area contributed by atoms with Gasteiger partial charge >= 0.3 is 0 Å². The standard InChI is InChI=1S/C16H23N3O3/c1-11(9-17)19(2)15(20)10-22-14-5-3-4-13(8-14)18-16(21)12-6-7-12/h3-5,8,11-12H,6-7,9-10,17H2,1-2H3,(H,18,21). The minimum Gasteiger partial charge on any atom is -0.484 e. The summed E-state index contributed by atoms with van der Waals surface area (Å²) in [5.74, 6) is 0.614. The summed E-state index contributed by atoms with van der Waals surface area (Å²) in [6.45, 7) is 2.23.